The summed E-state index contributed by atoms with van der Waals surface area (Å²) in [5.41, 5.74) is 1.58. The minimum atomic E-state index is 0.0602. The fraction of sp³-hybridized carbons (Fsp3) is 0.364. The standard InChI is InChI=1S/C11H14N4O2/c1-7-10(8(2)17-15-7)11-13-4-3-9(14-11)12-5-6-16/h3-4,16H,5-6H2,1-2H3,(H,12,13,14). The van der Waals surface area contributed by atoms with Gasteiger partial charge in [-0.25, -0.2) is 9.97 Å². The van der Waals surface area contributed by atoms with Gasteiger partial charge in [0.25, 0.3) is 0 Å². The molecule has 90 valence electrons. The number of aliphatic hydroxyl groups excluding tert-OH is 1. The number of aryl methyl sites for hydroxylation is 2. The van der Waals surface area contributed by atoms with Gasteiger partial charge in [0.15, 0.2) is 5.82 Å². The second-order valence-corrected chi connectivity index (χ2v) is 3.62. The summed E-state index contributed by atoms with van der Waals surface area (Å²) < 4.78 is 5.08. The highest BCUT2D eigenvalue weighted by Gasteiger charge is 2.14. The molecule has 0 saturated heterocycles. The number of aliphatic hydroxyl groups is 1. The Hall–Kier alpha value is -1.95. The first kappa shape index (κ1) is 11.5. The van der Waals surface area contributed by atoms with Crippen molar-refractivity contribution in [2.75, 3.05) is 18.5 Å². The maximum absolute atomic E-state index is 8.74. The van der Waals surface area contributed by atoms with Gasteiger partial charge in [0, 0.05) is 12.7 Å². The lowest BCUT2D eigenvalue weighted by Gasteiger charge is -2.04. The van der Waals surface area contributed by atoms with E-state index in [0.717, 1.165) is 11.3 Å². The SMILES string of the molecule is Cc1noc(C)c1-c1nccc(NCCO)n1. The van der Waals surface area contributed by atoms with Gasteiger partial charge in [0.05, 0.1) is 17.9 Å². The predicted molar refractivity (Wildman–Crippen MR) is 62.6 cm³/mol. The van der Waals surface area contributed by atoms with Crippen LogP contribution in [0.1, 0.15) is 11.5 Å². The van der Waals surface area contributed by atoms with Gasteiger partial charge < -0.3 is 14.9 Å². The Morgan fingerprint density at radius 2 is 2.24 bits per heavy atom. The molecule has 2 N–H and O–H groups in total. The summed E-state index contributed by atoms with van der Waals surface area (Å²) in [6.45, 7) is 4.19. The normalized spacial score (nSPS) is 10.5. The highest BCUT2D eigenvalue weighted by Crippen LogP contribution is 2.23. The van der Waals surface area contributed by atoms with Crippen LogP contribution >= 0.6 is 0 Å². The molecule has 0 fully saturated rings. The first-order chi connectivity index (χ1) is 8.22. The number of hydrogen-bond acceptors (Lipinski definition) is 6. The molecule has 0 atom stereocenters. The Kier molecular flexibility index (Phi) is 3.34. The van der Waals surface area contributed by atoms with Crippen LogP contribution in [-0.4, -0.2) is 33.4 Å². The van der Waals surface area contributed by atoms with Crippen LogP contribution in [0.4, 0.5) is 5.82 Å². The zero-order chi connectivity index (χ0) is 12.3. The van der Waals surface area contributed by atoms with Crippen LogP contribution in [0.25, 0.3) is 11.4 Å². The molecule has 0 bridgehead atoms. The van der Waals surface area contributed by atoms with Crippen LogP contribution in [0, 0.1) is 13.8 Å². The molecule has 0 radical (unpaired) electrons. The zero-order valence-corrected chi connectivity index (χ0v) is 9.77. The Morgan fingerprint density at radius 3 is 2.88 bits per heavy atom. The fourth-order valence-electron chi connectivity index (χ4n) is 1.56. The predicted octanol–water partition coefficient (Wildman–Crippen LogP) is 1.15. The third-order valence-corrected chi connectivity index (χ3v) is 2.33. The molecule has 0 aromatic carbocycles. The van der Waals surface area contributed by atoms with E-state index in [9.17, 15) is 0 Å². The smallest absolute Gasteiger partial charge is 0.166 e. The molecule has 2 heterocycles. The minimum Gasteiger partial charge on any atom is -0.395 e. The summed E-state index contributed by atoms with van der Waals surface area (Å²) in [5.74, 6) is 1.94. The van der Waals surface area contributed by atoms with Crippen molar-refractivity contribution in [3.05, 3.63) is 23.7 Å². The van der Waals surface area contributed by atoms with Crippen molar-refractivity contribution in [2.45, 2.75) is 13.8 Å². The third-order valence-electron chi connectivity index (χ3n) is 2.33. The number of aromatic nitrogens is 3. The van der Waals surface area contributed by atoms with Crippen molar-refractivity contribution in [3.63, 3.8) is 0 Å². The fourth-order valence-corrected chi connectivity index (χ4v) is 1.56. The molecule has 0 aliphatic heterocycles. The highest BCUT2D eigenvalue weighted by molar-refractivity contribution is 5.61. The van der Waals surface area contributed by atoms with Crippen LogP contribution in [0.2, 0.25) is 0 Å². The first-order valence-corrected chi connectivity index (χ1v) is 5.33. The lowest BCUT2D eigenvalue weighted by atomic mass is 10.2. The lowest BCUT2D eigenvalue weighted by molar-refractivity contribution is 0.311. The van der Waals surface area contributed by atoms with Crippen molar-refractivity contribution >= 4 is 5.82 Å². The van der Waals surface area contributed by atoms with E-state index in [1.165, 1.54) is 0 Å². The average Bonchev–Trinajstić information content (AvgIpc) is 2.67. The summed E-state index contributed by atoms with van der Waals surface area (Å²) in [4.78, 5) is 8.54. The van der Waals surface area contributed by atoms with E-state index in [0.29, 0.717) is 23.9 Å². The molecule has 0 aliphatic carbocycles. The molecule has 0 unspecified atom stereocenters. The van der Waals surface area contributed by atoms with Crippen molar-refractivity contribution in [2.24, 2.45) is 0 Å². The van der Waals surface area contributed by atoms with Crippen molar-refractivity contribution in [1.29, 1.82) is 0 Å². The van der Waals surface area contributed by atoms with Gasteiger partial charge in [-0.05, 0) is 19.9 Å². The Morgan fingerprint density at radius 1 is 1.41 bits per heavy atom. The van der Waals surface area contributed by atoms with Gasteiger partial charge in [-0.2, -0.15) is 0 Å². The van der Waals surface area contributed by atoms with Gasteiger partial charge in [0.1, 0.15) is 11.6 Å². The molecule has 2 aromatic heterocycles. The van der Waals surface area contributed by atoms with Gasteiger partial charge >= 0.3 is 0 Å². The lowest BCUT2D eigenvalue weighted by Crippen LogP contribution is -2.07. The van der Waals surface area contributed by atoms with Crippen LogP contribution in [0.5, 0.6) is 0 Å². The number of nitrogens with one attached hydrogen (secondary N) is 1. The van der Waals surface area contributed by atoms with Crippen LogP contribution < -0.4 is 5.32 Å². The van der Waals surface area contributed by atoms with E-state index in [4.69, 9.17) is 9.63 Å². The second-order valence-electron chi connectivity index (χ2n) is 3.62. The molecule has 6 heteroatoms. The number of rotatable bonds is 4. The third kappa shape index (κ3) is 2.42. The maximum atomic E-state index is 8.74. The first-order valence-electron chi connectivity index (χ1n) is 5.33. The van der Waals surface area contributed by atoms with E-state index in [2.05, 4.69) is 20.4 Å². The van der Waals surface area contributed by atoms with Crippen LogP contribution in [0.15, 0.2) is 16.8 Å². The van der Waals surface area contributed by atoms with Gasteiger partial charge in [-0.15, -0.1) is 0 Å². The summed E-state index contributed by atoms with van der Waals surface area (Å²) in [7, 11) is 0. The maximum Gasteiger partial charge on any atom is 0.166 e. The van der Waals surface area contributed by atoms with E-state index >= 15 is 0 Å². The van der Waals surface area contributed by atoms with E-state index in [-0.39, 0.29) is 6.61 Å². The van der Waals surface area contributed by atoms with Crippen LogP contribution in [-0.2, 0) is 0 Å². The molecule has 2 aromatic rings. The van der Waals surface area contributed by atoms with Gasteiger partial charge in [0.2, 0.25) is 0 Å². The van der Waals surface area contributed by atoms with E-state index in [1.54, 1.807) is 12.3 Å². The minimum absolute atomic E-state index is 0.0602. The van der Waals surface area contributed by atoms with Crippen molar-refractivity contribution in [3.8, 4) is 11.4 Å². The number of anilines is 1. The molecule has 0 spiro atoms. The number of hydrogen-bond donors (Lipinski definition) is 2. The molecular formula is C11H14N4O2. The van der Waals surface area contributed by atoms with Gasteiger partial charge in [-0.3, -0.25) is 0 Å². The van der Waals surface area contributed by atoms with E-state index < -0.39 is 0 Å². The highest BCUT2D eigenvalue weighted by atomic mass is 16.5. The number of nitrogens with zero attached hydrogens (tertiary/aromatic N) is 3. The molecule has 2 rings (SSSR count). The van der Waals surface area contributed by atoms with Gasteiger partial charge in [-0.1, -0.05) is 5.16 Å². The summed E-state index contributed by atoms with van der Waals surface area (Å²) >= 11 is 0. The Balaban J connectivity index is 2.33. The average molecular weight is 234 g/mol. The molecule has 0 saturated carbocycles. The molecular weight excluding hydrogens is 220 g/mol. The summed E-state index contributed by atoms with van der Waals surface area (Å²) in [5, 5.41) is 15.6. The largest absolute Gasteiger partial charge is 0.395 e. The summed E-state index contributed by atoms with van der Waals surface area (Å²) in [6.07, 6.45) is 1.66. The van der Waals surface area contributed by atoms with Crippen molar-refractivity contribution in [1.82, 2.24) is 15.1 Å². The molecule has 0 amide bonds. The van der Waals surface area contributed by atoms with Crippen molar-refractivity contribution < 1.29 is 9.63 Å². The van der Waals surface area contributed by atoms with E-state index in [1.807, 2.05) is 13.8 Å². The molecule has 17 heavy (non-hydrogen) atoms. The molecule has 6 nitrogen and oxygen atoms in total. The Labute approximate surface area is 98.7 Å². The summed E-state index contributed by atoms with van der Waals surface area (Å²) in [6, 6.07) is 1.75. The Bertz CT molecular complexity index is 490. The monoisotopic (exact) mass is 234 g/mol. The van der Waals surface area contributed by atoms with Crippen LogP contribution in [0.3, 0.4) is 0 Å². The zero-order valence-electron chi connectivity index (χ0n) is 9.77. The molecule has 0 aliphatic rings. The quantitative estimate of drug-likeness (QED) is 0.825. The topological polar surface area (TPSA) is 84.1 Å². The second kappa shape index (κ2) is 4.92.